The van der Waals surface area contributed by atoms with Crippen LogP contribution in [0.15, 0.2) is 42.5 Å². The highest BCUT2D eigenvalue weighted by Gasteiger charge is 2.16. The molecule has 0 fully saturated rings. The molecule has 1 atom stereocenters. The summed E-state index contributed by atoms with van der Waals surface area (Å²) in [6.07, 6.45) is -0.699. The van der Waals surface area contributed by atoms with Crippen molar-refractivity contribution in [1.29, 1.82) is 0 Å². The summed E-state index contributed by atoms with van der Waals surface area (Å²) in [7, 11) is 0. The Balaban J connectivity index is 2.01. The number of carbonyl (C=O) groups is 2. The Labute approximate surface area is 148 Å². The second-order valence-electron chi connectivity index (χ2n) is 5.81. The summed E-state index contributed by atoms with van der Waals surface area (Å²) < 4.78 is 10.4. The van der Waals surface area contributed by atoms with Gasteiger partial charge in [-0.25, -0.2) is 4.79 Å². The topological polar surface area (TPSA) is 64.6 Å². The molecule has 1 N–H and O–H groups in total. The van der Waals surface area contributed by atoms with Crippen LogP contribution in [0.4, 0.5) is 5.69 Å². The molecule has 0 spiro atoms. The third kappa shape index (κ3) is 5.08. The van der Waals surface area contributed by atoms with Crippen molar-refractivity contribution in [3.05, 3.63) is 59.2 Å². The lowest BCUT2D eigenvalue weighted by molar-refractivity contribution is -0.150. The Kier molecular flexibility index (Phi) is 6.17. The van der Waals surface area contributed by atoms with E-state index in [4.69, 9.17) is 9.47 Å². The summed E-state index contributed by atoms with van der Waals surface area (Å²) in [6, 6.07) is 12.5. The van der Waals surface area contributed by atoms with E-state index in [2.05, 4.69) is 5.32 Å². The third-order valence-corrected chi connectivity index (χ3v) is 3.68. The highest BCUT2D eigenvalue weighted by Crippen LogP contribution is 2.19. The average Bonchev–Trinajstić information content (AvgIpc) is 2.58. The highest BCUT2D eigenvalue weighted by atomic mass is 16.6. The number of hydrogen-bond donors (Lipinski definition) is 1. The molecule has 0 saturated carbocycles. The van der Waals surface area contributed by atoms with Gasteiger partial charge in [0.25, 0.3) is 5.91 Å². The molecule has 0 heterocycles. The van der Waals surface area contributed by atoms with Gasteiger partial charge in [-0.1, -0.05) is 17.7 Å². The van der Waals surface area contributed by atoms with E-state index in [0.717, 1.165) is 16.8 Å². The molecule has 5 heteroatoms. The predicted molar refractivity (Wildman–Crippen MR) is 97.0 cm³/mol. The first-order valence-corrected chi connectivity index (χ1v) is 8.22. The normalized spacial score (nSPS) is 11.5. The third-order valence-electron chi connectivity index (χ3n) is 3.68. The van der Waals surface area contributed by atoms with Gasteiger partial charge >= 0.3 is 5.97 Å². The predicted octanol–water partition coefficient (Wildman–Crippen LogP) is 3.89. The van der Waals surface area contributed by atoms with Crippen LogP contribution >= 0.6 is 0 Å². The van der Waals surface area contributed by atoms with Gasteiger partial charge in [-0.05, 0) is 63.6 Å². The lowest BCUT2D eigenvalue weighted by Gasteiger charge is -2.14. The first-order valence-electron chi connectivity index (χ1n) is 8.22. The molecule has 0 bridgehead atoms. The van der Waals surface area contributed by atoms with E-state index < -0.39 is 12.1 Å². The summed E-state index contributed by atoms with van der Waals surface area (Å²) in [5.41, 5.74) is 3.45. The Morgan fingerprint density at radius 2 is 1.76 bits per heavy atom. The van der Waals surface area contributed by atoms with E-state index in [9.17, 15) is 9.59 Å². The van der Waals surface area contributed by atoms with Gasteiger partial charge in [0, 0.05) is 11.3 Å². The van der Waals surface area contributed by atoms with Gasteiger partial charge in [0.2, 0.25) is 0 Å². The van der Waals surface area contributed by atoms with E-state index in [0.29, 0.717) is 17.9 Å². The molecular formula is C20H23NO4. The van der Waals surface area contributed by atoms with Crippen molar-refractivity contribution in [3.63, 3.8) is 0 Å². The molecule has 0 aliphatic carbocycles. The number of rotatable bonds is 6. The molecule has 2 rings (SSSR count). The van der Waals surface area contributed by atoms with Gasteiger partial charge < -0.3 is 14.8 Å². The zero-order chi connectivity index (χ0) is 18.4. The monoisotopic (exact) mass is 341 g/mol. The summed E-state index contributed by atoms with van der Waals surface area (Å²) in [4.78, 5) is 23.9. The lowest BCUT2D eigenvalue weighted by Crippen LogP contribution is -2.26. The van der Waals surface area contributed by atoms with Crippen LogP contribution in [0.1, 0.15) is 35.3 Å². The fourth-order valence-corrected chi connectivity index (χ4v) is 2.35. The molecule has 25 heavy (non-hydrogen) atoms. The molecule has 2 aromatic rings. The molecule has 0 saturated heterocycles. The molecule has 0 aliphatic heterocycles. The molecule has 1 unspecified atom stereocenters. The van der Waals surface area contributed by atoms with Crippen LogP contribution < -0.4 is 10.1 Å². The van der Waals surface area contributed by atoms with Crippen LogP contribution in [0, 0.1) is 13.8 Å². The van der Waals surface area contributed by atoms with E-state index in [-0.39, 0.29) is 5.91 Å². The van der Waals surface area contributed by atoms with Gasteiger partial charge in [-0.2, -0.15) is 0 Å². The molecule has 5 nitrogen and oxygen atoms in total. The van der Waals surface area contributed by atoms with Crippen LogP contribution in [-0.2, 0) is 9.53 Å². The maximum atomic E-state index is 12.4. The van der Waals surface area contributed by atoms with Crippen molar-refractivity contribution in [2.75, 3.05) is 11.9 Å². The smallest absolute Gasteiger partial charge is 0.347 e. The zero-order valence-corrected chi connectivity index (χ0v) is 15.0. The van der Waals surface area contributed by atoms with Crippen molar-refractivity contribution in [1.82, 2.24) is 0 Å². The lowest BCUT2D eigenvalue weighted by atomic mass is 10.1. The SMILES string of the molecule is CCOC(=O)C(C)Oc1ccc(C(=O)Nc2ccc(C)cc2C)cc1. The Hall–Kier alpha value is -2.82. The van der Waals surface area contributed by atoms with Crippen molar-refractivity contribution in [2.24, 2.45) is 0 Å². The standard InChI is InChI=1S/C20H23NO4/c1-5-24-20(23)15(4)25-17-9-7-16(8-10-17)19(22)21-18-11-6-13(2)12-14(18)3/h6-12,15H,5H2,1-4H3,(H,21,22). The number of benzene rings is 2. The first-order chi connectivity index (χ1) is 11.9. The van der Waals surface area contributed by atoms with Crippen LogP contribution in [-0.4, -0.2) is 24.6 Å². The number of carbonyl (C=O) groups excluding carboxylic acids is 2. The van der Waals surface area contributed by atoms with Gasteiger partial charge in [0.15, 0.2) is 6.10 Å². The van der Waals surface area contributed by atoms with E-state index in [1.54, 1.807) is 38.1 Å². The van der Waals surface area contributed by atoms with Crippen molar-refractivity contribution < 1.29 is 19.1 Å². The second kappa shape index (κ2) is 8.33. The number of anilines is 1. The molecule has 2 aromatic carbocycles. The second-order valence-corrected chi connectivity index (χ2v) is 5.81. The van der Waals surface area contributed by atoms with Crippen molar-refractivity contribution in [2.45, 2.75) is 33.8 Å². The fraction of sp³-hybridized carbons (Fsp3) is 0.300. The largest absolute Gasteiger partial charge is 0.479 e. The minimum Gasteiger partial charge on any atom is -0.479 e. The number of nitrogens with one attached hydrogen (secondary N) is 1. The highest BCUT2D eigenvalue weighted by molar-refractivity contribution is 6.04. The molecule has 0 aromatic heterocycles. The Morgan fingerprint density at radius 1 is 1.08 bits per heavy atom. The molecule has 0 radical (unpaired) electrons. The minimum atomic E-state index is -0.699. The van der Waals surface area contributed by atoms with Crippen LogP contribution in [0.3, 0.4) is 0 Å². The minimum absolute atomic E-state index is 0.197. The van der Waals surface area contributed by atoms with Crippen LogP contribution in [0.25, 0.3) is 0 Å². The fourth-order valence-electron chi connectivity index (χ4n) is 2.35. The summed E-state index contributed by atoms with van der Waals surface area (Å²) in [5.74, 6) is -0.111. The molecule has 1 amide bonds. The number of hydrogen-bond acceptors (Lipinski definition) is 4. The summed E-state index contributed by atoms with van der Waals surface area (Å²) in [6.45, 7) is 7.64. The Bertz CT molecular complexity index is 753. The van der Waals surface area contributed by atoms with E-state index >= 15 is 0 Å². The first kappa shape index (κ1) is 18.5. The maximum Gasteiger partial charge on any atom is 0.347 e. The van der Waals surface area contributed by atoms with Gasteiger partial charge in [-0.15, -0.1) is 0 Å². The van der Waals surface area contributed by atoms with Gasteiger partial charge in [0.1, 0.15) is 5.75 Å². The van der Waals surface area contributed by atoms with E-state index in [1.807, 2.05) is 32.0 Å². The van der Waals surface area contributed by atoms with Crippen LogP contribution in [0.5, 0.6) is 5.75 Å². The number of esters is 1. The van der Waals surface area contributed by atoms with Crippen molar-refractivity contribution in [3.8, 4) is 5.75 Å². The number of aryl methyl sites for hydroxylation is 2. The van der Waals surface area contributed by atoms with Gasteiger partial charge in [0.05, 0.1) is 6.61 Å². The van der Waals surface area contributed by atoms with Gasteiger partial charge in [-0.3, -0.25) is 4.79 Å². The number of amides is 1. The van der Waals surface area contributed by atoms with E-state index in [1.165, 1.54) is 0 Å². The molecular weight excluding hydrogens is 318 g/mol. The average molecular weight is 341 g/mol. The quantitative estimate of drug-likeness (QED) is 0.810. The Morgan fingerprint density at radius 3 is 2.36 bits per heavy atom. The summed E-state index contributed by atoms with van der Waals surface area (Å²) >= 11 is 0. The molecule has 0 aliphatic rings. The zero-order valence-electron chi connectivity index (χ0n) is 15.0. The number of ether oxygens (including phenoxy) is 2. The molecule has 132 valence electrons. The maximum absolute atomic E-state index is 12.4. The van der Waals surface area contributed by atoms with Crippen molar-refractivity contribution >= 4 is 17.6 Å². The van der Waals surface area contributed by atoms with Crippen LogP contribution in [0.2, 0.25) is 0 Å². The summed E-state index contributed by atoms with van der Waals surface area (Å²) in [5, 5.41) is 2.90.